The van der Waals surface area contributed by atoms with Crippen LogP contribution in [0.4, 0.5) is 0 Å². The zero-order valence-electron chi connectivity index (χ0n) is 16.2. The maximum Gasteiger partial charge on any atom is 0.321 e. The van der Waals surface area contributed by atoms with Gasteiger partial charge in [-0.25, -0.2) is 0 Å². The summed E-state index contributed by atoms with van der Waals surface area (Å²) in [5.41, 5.74) is 0. The van der Waals surface area contributed by atoms with E-state index in [-0.39, 0.29) is 37.9 Å². The third kappa shape index (κ3) is 14.1. The number of carbonyl (C=O) groups is 2. The van der Waals surface area contributed by atoms with Gasteiger partial charge in [0.25, 0.3) is 0 Å². The molecule has 0 radical (unpaired) electrons. The van der Waals surface area contributed by atoms with Crippen LogP contribution in [0.1, 0.15) is 19.8 Å². The normalized spacial score (nSPS) is 14.8. The number of aliphatic hydroxyl groups is 3. The van der Waals surface area contributed by atoms with E-state index in [0.717, 1.165) is 12.8 Å². The van der Waals surface area contributed by atoms with Crippen LogP contribution in [0, 0.1) is 0 Å². The van der Waals surface area contributed by atoms with Gasteiger partial charge in [0.2, 0.25) is 0 Å². The lowest BCUT2D eigenvalue weighted by Crippen LogP contribution is -2.45. The van der Waals surface area contributed by atoms with Crippen molar-refractivity contribution in [3.8, 4) is 0 Å². The second-order valence-corrected chi connectivity index (χ2v) is 7.27. The molecule has 0 aliphatic carbocycles. The van der Waals surface area contributed by atoms with Crippen molar-refractivity contribution in [2.75, 3.05) is 57.6 Å². The number of aliphatic hydroxyl groups excluding tert-OH is 3. The van der Waals surface area contributed by atoms with Gasteiger partial charge in [0, 0.05) is 24.7 Å². The van der Waals surface area contributed by atoms with Gasteiger partial charge in [0.1, 0.15) is 12.1 Å². The Labute approximate surface area is 169 Å². The fourth-order valence-corrected chi connectivity index (χ4v) is 3.29. The number of hydrogen-bond acceptors (Lipinski definition) is 9. The first kappa shape index (κ1) is 27.0. The maximum atomic E-state index is 11.4. The minimum Gasteiger partial charge on any atom is -0.480 e. The van der Waals surface area contributed by atoms with E-state index in [1.165, 1.54) is 16.7 Å². The van der Waals surface area contributed by atoms with E-state index in [2.05, 4.69) is 0 Å². The smallest absolute Gasteiger partial charge is 0.321 e. The van der Waals surface area contributed by atoms with Crippen LogP contribution in [0.15, 0.2) is 0 Å². The van der Waals surface area contributed by atoms with E-state index in [1.54, 1.807) is 6.92 Å². The Morgan fingerprint density at radius 1 is 1.00 bits per heavy atom. The van der Waals surface area contributed by atoms with Crippen LogP contribution < -0.4 is 0 Å². The third-order valence-electron chi connectivity index (χ3n) is 3.71. The lowest BCUT2D eigenvalue weighted by molar-refractivity contribution is -0.145. The lowest BCUT2D eigenvalue weighted by Gasteiger charge is -2.25. The van der Waals surface area contributed by atoms with Crippen molar-refractivity contribution in [1.29, 1.82) is 0 Å². The number of nitrogens with zero attached hydrogens (tertiary/aromatic N) is 1. The molecule has 0 heterocycles. The number of ether oxygens (including phenoxy) is 2. The first-order chi connectivity index (χ1) is 13.3. The molecule has 0 aromatic rings. The summed E-state index contributed by atoms with van der Waals surface area (Å²) >= 11 is 1.24. The van der Waals surface area contributed by atoms with Crippen LogP contribution >= 0.6 is 11.8 Å². The molecule has 0 aromatic carbocycles. The molecule has 5 N–H and O–H groups in total. The summed E-state index contributed by atoms with van der Waals surface area (Å²) in [6.07, 6.45) is -0.167. The summed E-state index contributed by atoms with van der Waals surface area (Å²) in [7, 11) is 0. The Hall–Kier alpha value is -0.950. The molecule has 0 aliphatic heterocycles. The van der Waals surface area contributed by atoms with Gasteiger partial charge < -0.3 is 35.0 Å². The summed E-state index contributed by atoms with van der Waals surface area (Å²) in [5.74, 6) is -1.71. The molecule has 11 heteroatoms. The number of unbranched alkanes of at least 4 members (excludes halogenated alkanes) is 1. The molecule has 0 spiro atoms. The molecule has 0 saturated carbocycles. The molecule has 0 bridgehead atoms. The third-order valence-corrected chi connectivity index (χ3v) is 4.89. The largest absolute Gasteiger partial charge is 0.480 e. The molecule has 0 rings (SSSR count). The molecular weight excluding hydrogens is 394 g/mol. The van der Waals surface area contributed by atoms with E-state index in [4.69, 9.17) is 24.8 Å². The average Bonchev–Trinajstić information content (AvgIpc) is 2.64. The minimum absolute atomic E-state index is 0.0898. The van der Waals surface area contributed by atoms with Gasteiger partial charge in [-0.15, -0.1) is 0 Å². The number of carboxylic acid groups (broad SMARTS) is 2. The highest BCUT2D eigenvalue weighted by Crippen LogP contribution is 2.11. The van der Waals surface area contributed by atoms with Crippen molar-refractivity contribution in [2.45, 2.75) is 38.0 Å². The number of hydrogen-bond donors (Lipinski definition) is 5. The average molecular weight is 428 g/mol. The predicted octanol–water partition coefficient (Wildman–Crippen LogP) is -0.893. The van der Waals surface area contributed by atoms with E-state index >= 15 is 0 Å². The summed E-state index contributed by atoms with van der Waals surface area (Å²) in [4.78, 5) is 23.5. The molecule has 0 amide bonds. The standard InChI is InChI=1S/C17H33NO9S/c1-2-18(7-16(22)23)15(17(24)25)12-28-11-14(21)10-27-6-4-3-5-26-9-13(20)8-19/h13-15,19-21H,2-12H2,1H3,(H,22,23)(H,24,25). The molecule has 0 fully saturated rings. The van der Waals surface area contributed by atoms with Crippen molar-refractivity contribution in [1.82, 2.24) is 4.90 Å². The van der Waals surface area contributed by atoms with Crippen LogP contribution in [0.5, 0.6) is 0 Å². The van der Waals surface area contributed by atoms with Gasteiger partial charge in [-0.3, -0.25) is 14.5 Å². The molecule has 10 nitrogen and oxygen atoms in total. The zero-order valence-corrected chi connectivity index (χ0v) is 17.1. The highest BCUT2D eigenvalue weighted by molar-refractivity contribution is 7.99. The highest BCUT2D eigenvalue weighted by atomic mass is 32.2. The summed E-state index contributed by atoms with van der Waals surface area (Å²) in [6.45, 7) is 2.43. The van der Waals surface area contributed by atoms with Gasteiger partial charge in [-0.1, -0.05) is 6.92 Å². The predicted molar refractivity (Wildman–Crippen MR) is 104 cm³/mol. The summed E-state index contributed by atoms with van der Waals surface area (Å²) < 4.78 is 10.5. The molecule has 0 aromatic heterocycles. The number of aliphatic carboxylic acids is 2. The van der Waals surface area contributed by atoms with Crippen LogP contribution in [-0.2, 0) is 19.1 Å². The van der Waals surface area contributed by atoms with E-state index in [1.807, 2.05) is 0 Å². The Morgan fingerprint density at radius 2 is 1.57 bits per heavy atom. The number of thioether (sulfide) groups is 1. The van der Waals surface area contributed by atoms with Crippen molar-refractivity contribution in [3.63, 3.8) is 0 Å². The zero-order chi connectivity index (χ0) is 21.4. The molecular formula is C17H33NO9S. The Bertz CT molecular complexity index is 427. The molecule has 0 aliphatic rings. The fraction of sp³-hybridized carbons (Fsp3) is 0.882. The summed E-state index contributed by atoms with van der Waals surface area (Å²) in [6, 6.07) is -0.927. The lowest BCUT2D eigenvalue weighted by atomic mass is 10.3. The second kappa shape index (κ2) is 17.0. The van der Waals surface area contributed by atoms with Gasteiger partial charge in [0.05, 0.1) is 32.5 Å². The quantitative estimate of drug-likeness (QED) is 0.163. The van der Waals surface area contributed by atoms with Crippen LogP contribution in [0.2, 0.25) is 0 Å². The van der Waals surface area contributed by atoms with Crippen molar-refractivity contribution in [3.05, 3.63) is 0 Å². The Morgan fingerprint density at radius 3 is 2.04 bits per heavy atom. The number of likely N-dealkylation sites (N-methyl/N-ethyl adjacent to an activating group) is 1. The van der Waals surface area contributed by atoms with Crippen LogP contribution in [-0.4, -0.2) is 118 Å². The molecule has 28 heavy (non-hydrogen) atoms. The Kier molecular flexibility index (Phi) is 16.4. The monoisotopic (exact) mass is 427 g/mol. The van der Waals surface area contributed by atoms with Gasteiger partial charge in [-0.2, -0.15) is 11.8 Å². The van der Waals surface area contributed by atoms with E-state index < -0.39 is 30.2 Å². The first-order valence-corrected chi connectivity index (χ1v) is 10.4. The van der Waals surface area contributed by atoms with E-state index in [0.29, 0.717) is 19.8 Å². The van der Waals surface area contributed by atoms with Crippen molar-refractivity contribution in [2.24, 2.45) is 0 Å². The summed E-state index contributed by atoms with van der Waals surface area (Å²) in [5, 5.41) is 45.7. The van der Waals surface area contributed by atoms with E-state index in [9.17, 15) is 19.8 Å². The number of carboxylic acids is 2. The SMILES string of the molecule is CCN(CC(=O)O)C(CSCC(O)COCCCCOCC(O)CO)C(=O)O. The van der Waals surface area contributed by atoms with Gasteiger partial charge in [-0.05, 0) is 19.4 Å². The number of rotatable bonds is 19. The topological polar surface area (TPSA) is 157 Å². The maximum absolute atomic E-state index is 11.4. The van der Waals surface area contributed by atoms with Gasteiger partial charge >= 0.3 is 11.9 Å². The van der Waals surface area contributed by atoms with Gasteiger partial charge in [0.15, 0.2) is 0 Å². The first-order valence-electron chi connectivity index (χ1n) is 9.20. The molecule has 3 unspecified atom stereocenters. The Balaban J connectivity index is 3.85. The minimum atomic E-state index is -1.09. The highest BCUT2D eigenvalue weighted by Gasteiger charge is 2.26. The van der Waals surface area contributed by atoms with Crippen molar-refractivity contribution < 1.29 is 44.6 Å². The second-order valence-electron chi connectivity index (χ2n) is 6.20. The molecule has 166 valence electrons. The van der Waals surface area contributed by atoms with Crippen LogP contribution in [0.3, 0.4) is 0 Å². The molecule has 0 saturated heterocycles. The van der Waals surface area contributed by atoms with Crippen LogP contribution in [0.25, 0.3) is 0 Å². The fourth-order valence-electron chi connectivity index (χ4n) is 2.21. The molecule has 3 atom stereocenters. The van der Waals surface area contributed by atoms with Crippen molar-refractivity contribution >= 4 is 23.7 Å².